The van der Waals surface area contributed by atoms with Crippen LogP contribution in [0.5, 0.6) is 0 Å². The number of nitrogens with zero attached hydrogens (tertiary/aromatic N) is 3. The fourth-order valence-corrected chi connectivity index (χ4v) is 2.13. The van der Waals surface area contributed by atoms with Crippen LogP contribution in [-0.4, -0.2) is 33.9 Å². The van der Waals surface area contributed by atoms with Gasteiger partial charge in [-0.25, -0.2) is 4.98 Å². The van der Waals surface area contributed by atoms with E-state index >= 15 is 0 Å². The van der Waals surface area contributed by atoms with Crippen molar-refractivity contribution in [2.45, 2.75) is 39.3 Å². The molecule has 1 aliphatic rings. The summed E-state index contributed by atoms with van der Waals surface area (Å²) in [5, 5.41) is 9.10. The van der Waals surface area contributed by atoms with Crippen LogP contribution in [0, 0.1) is 5.92 Å². The van der Waals surface area contributed by atoms with E-state index in [0.717, 1.165) is 12.8 Å². The Hall–Kier alpha value is -1.36. The molecule has 5 nitrogen and oxygen atoms in total. The maximum Gasteiger partial charge on any atom is 0.293 e. The van der Waals surface area contributed by atoms with Crippen LogP contribution < -0.4 is 10.5 Å². The molecule has 0 atom stereocenters. The average molecular weight is 251 g/mol. The molecule has 0 amide bonds. The highest BCUT2D eigenvalue weighted by Crippen LogP contribution is 2.28. The predicted octanol–water partition coefficient (Wildman–Crippen LogP) is 0.860. The quantitative estimate of drug-likeness (QED) is 0.814. The van der Waals surface area contributed by atoms with Crippen LogP contribution in [0.2, 0.25) is 0 Å². The number of anilines is 1. The molecule has 0 bridgehead atoms. The molecular weight excluding hydrogens is 230 g/mol. The first kappa shape index (κ1) is 13.1. The topological polar surface area (TPSA) is 58.4 Å². The second-order valence-corrected chi connectivity index (χ2v) is 5.25. The van der Waals surface area contributed by atoms with Crippen molar-refractivity contribution in [2.24, 2.45) is 5.92 Å². The Labute approximate surface area is 107 Å². The van der Waals surface area contributed by atoms with Gasteiger partial charge in [0.15, 0.2) is 5.82 Å². The first-order valence-electron chi connectivity index (χ1n) is 6.56. The highest BCUT2D eigenvalue weighted by atomic mass is 16.3. The van der Waals surface area contributed by atoms with Gasteiger partial charge in [0.25, 0.3) is 5.56 Å². The molecule has 0 saturated heterocycles. The molecule has 1 heterocycles. The summed E-state index contributed by atoms with van der Waals surface area (Å²) < 4.78 is 1.71. The summed E-state index contributed by atoms with van der Waals surface area (Å²) in [5.41, 5.74) is -0.0495. The summed E-state index contributed by atoms with van der Waals surface area (Å²) in [6.07, 6.45) is 5.57. The van der Waals surface area contributed by atoms with E-state index < -0.39 is 0 Å². The summed E-state index contributed by atoms with van der Waals surface area (Å²) in [6.45, 7) is 5.40. The van der Waals surface area contributed by atoms with Crippen molar-refractivity contribution in [3.05, 3.63) is 22.7 Å². The van der Waals surface area contributed by atoms with Crippen LogP contribution in [0.3, 0.4) is 0 Å². The zero-order valence-electron chi connectivity index (χ0n) is 11.0. The third kappa shape index (κ3) is 2.90. The Morgan fingerprint density at radius 2 is 2.28 bits per heavy atom. The Balaban J connectivity index is 2.28. The number of aromatic nitrogens is 2. The van der Waals surface area contributed by atoms with Crippen LogP contribution in [-0.2, 0) is 6.54 Å². The molecule has 5 heteroatoms. The Bertz CT molecular complexity index is 452. The van der Waals surface area contributed by atoms with E-state index in [2.05, 4.69) is 18.8 Å². The minimum atomic E-state index is -0.0495. The van der Waals surface area contributed by atoms with E-state index in [1.54, 1.807) is 17.0 Å². The van der Waals surface area contributed by atoms with Gasteiger partial charge in [0, 0.05) is 31.5 Å². The van der Waals surface area contributed by atoms with Gasteiger partial charge in [0.2, 0.25) is 0 Å². The molecule has 0 spiro atoms. The van der Waals surface area contributed by atoms with Gasteiger partial charge in [-0.2, -0.15) is 0 Å². The summed E-state index contributed by atoms with van der Waals surface area (Å²) in [5.74, 6) is 0.903. The Morgan fingerprint density at radius 3 is 2.83 bits per heavy atom. The summed E-state index contributed by atoms with van der Waals surface area (Å²) in [6, 6.07) is 0.382. The molecule has 0 aliphatic heterocycles. The fourth-order valence-electron chi connectivity index (χ4n) is 2.13. The maximum atomic E-state index is 12.3. The van der Waals surface area contributed by atoms with E-state index in [-0.39, 0.29) is 12.2 Å². The third-order valence-electron chi connectivity index (χ3n) is 3.06. The van der Waals surface area contributed by atoms with Crippen LogP contribution >= 0.6 is 0 Å². The lowest BCUT2D eigenvalue weighted by molar-refractivity contribution is 0.300. The van der Waals surface area contributed by atoms with Crippen LogP contribution in [0.25, 0.3) is 0 Å². The van der Waals surface area contributed by atoms with Crippen molar-refractivity contribution in [2.75, 3.05) is 18.1 Å². The number of rotatable bonds is 6. The van der Waals surface area contributed by atoms with E-state index in [1.807, 2.05) is 4.90 Å². The number of aliphatic hydroxyl groups is 1. The fraction of sp³-hybridized carbons (Fsp3) is 0.692. The average Bonchev–Trinajstić information content (AvgIpc) is 3.13. The van der Waals surface area contributed by atoms with Crippen LogP contribution in [0.1, 0.15) is 26.7 Å². The normalized spacial score (nSPS) is 15.1. The standard InChI is InChI=1S/C13H21N3O2/c1-10(2)9-15-6-5-14-12(13(15)18)16(7-8-17)11-3-4-11/h5-6,10-11,17H,3-4,7-9H2,1-2H3. The molecule has 1 saturated carbocycles. The molecule has 100 valence electrons. The largest absolute Gasteiger partial charge is 0.395 e. The first-order valence-corrected chi connectivity index (χ1v) is 6.56. The van der Waals surface area contributed by atoms with Crippen molar-refractivity contribution in [3.63, 3.8) is 0 Å². The minimum absolute atomic E-state index is 0.0495. The molecular formula is C13H21N3O2. The second kappa shape index (κ2) is 5.52. The van der Waals surface area contributed by atoms with Gasteiger partial charge < -0.3 is 14.6 Å². The SMILES string of the molecule is CC(C)Cn1ccnc(N(CCO)C2CC2)c1=O. The van der Waals surface area contributed by atoms with Gasteiger partial charge in [-0.15, -0.1) is 0 Å². The van der Waals surface area contributed by atoms with Gasteiger partial charge in [-0.1, -0.05) is 13.8 Å². The first-order chi connectivity index (χ1) is 8.63. The maximum absolute atomic E-state index is 12.3. The highest BCUT2D eigenvalue weighted by molar-refractivity contribution is 5.39. The lowest BCUT2D eigenvalue weighted by Gasteiger charge is -2.22. The van der Waals surface area contributed by atoms with Crippen LogP contribution in [0.4, 0.5) is 5.82 Å². The lowest BCUT2D eigenvalue weighted by atomic mass is 10.2. The molecule has 1 aromatic heterocycles. The third-order valence-corrected chi connectivity index (χ3v) is 3.06. The van der Waals surface area contributed by atoms with Gasteiger partial charge in [0.1, 0.15) is 0 Å². The molecule has 0 aromatic carbocycles. The Kier molecular flexibility index (Phi) is 4.01. The smallest absolute Gasteiger partial charge is 0.293 e. The number of hydrogen-bond acceptors (Lipinski definition) is 4. The van der Waals surface area contributed by atoms with Crippen LogP contribution in [0.15, 0.2) is 17.2 Å². The minimum Gasteiger partial charge on any atom is -0.395 e. The summed E-state index contributed by atoms with van der Waals surface area (Å²) in [7, 11) is 0. The van der Waals surface area contributed by atoms with Gasteiger partial charge in [-0.05, 0) is 18.8 Å². The van der Waals surface area contributed by atoms with Crippen molar-refractivity contribution in [3.8, 4) is 0 Å². The van der Waals surface area contributed by atoms with E-state index in [1.165, 1.54) is 0 Å². The van der Waals surface area contributed by atoms with Crippen molar-refractivity contribution in [1.29, 1.82) is 0 Å². The van der Waals surface area contributed by atoms with Crippen molar-refractivity contribution in [1.82, 2.24) is 9.55 Å². The van der Waals surface area contributed by atoms with Crippen molar-refractivity contribution < 1.29 is 5.11 Å². The molecule has 1 fully saturated rings. The van der Waals surface area contributed by atoms with E-state index in [9.17, 15) is 4.79 Å². The monoisotopic (exact) mass is 251 g/mol. The van der Waals surface area contributed by atoms with Gasteiger partial charge in [0.05, 0.1) is 6.61 Å². The summed E-state index contributed by atoms with van der Waals surface area (Å²) >= 11 is 0. The van der Waals surface area contributed by atoms with E-state index in [0.29, 0.717) is 30.9 Å². The lowest BCUT2D eigenvalue weighted by Crippen LogP contribution is -2.37. The molecule has 1 aliphatic carbocycles. The van der Waals surface area contributed by atoms with Gasteiger partial charge in [-0.3, -0.25) is 4.79 Å². The molecule has 0 unspecified atom stereocenters. The number of aliphatic hydroxyl groups excluding tert-OH is 1. The molecule has 18 heavy (non-hydrogen) atoms. The highest BCUT2D eigenvalue weighted by Gasteiger charge is 2.31. The zero-order chi connectivity index (χ0) is 13.1. The Morgan fingerprint density at radius 1 is 1.56 bits per heavy atom. The van der Waals surface area contributed by atoms with E-state index in [4.69, 9.17) is 5.11 Å². The molecule has 2 rings (SSSR count). The predicted molar refractivity (Wildman–Crippen MR) is 70.8 cm³/mol. The second-order valence-electron chi connectivity index (χ2n) is 5.25. The zero-order valence-corrected chi connectivity index (χ0v) is 11.0. The number of hydrogen-bond donors (Lipinski definition) is 1. The van der Waals surface area contributed by atoms with Crippen molar-refractivity contribution >= 4 is 5.82 Å². The molecule has 0 radical (unpaired) electrons. The van der Waals surface area contributed by atoms with Gasteiger partial charge >= 0.3 is 0 Å². The molecule has 1 N–H and O–H groups in total. The summed E-state index contributed by atoms with van der Waals surface area (Å²) in [4.78, 5) is 18.5. The molecule has 1 aromatic rings.